The van der Waals surface area contributed by atoms with E-state index in [1.54, 1.807) is 6.26 Å². The number of halogens is 1. The molecule has 0 aliphatic carbocycles. The van der Waals surface area contributed by atoms with Crippen LogP contribution in [0.2, 0.25) is 0 Å². The highest BCUT2D eigenvalue weighted by atomic mass is 79.9. The molecule has 62 valence electrons. The van der Waals surface area contributed by atoms with Gasteiger partial charge in [0.05, 0.1) is 4.47 Å². The van der Waals surface area contributed by atoms with Gasteiger partial charge in [-0.2, -0.15) is 0 Å². The molecule has 0 unspecified atom stereocenters. The maximum Gasteiger partial charge on any atom is 0.135 e. The van der Waals surface area contributed by atoms with Gasteiger partial charge in [0, 0.05) is 5.39 Å². The maximum atomic E-state index is 5.36. The van der Waals surface area contributed by atoms with Crippen LogP contribution in [0, 0.1) is 13.8 Å². The van der Waals surface area contributed by atoms with Crippen molar-refractivity contribution < 1.29 is 4.42 Å². The van der Waals surface area contributed by atoms with Crippen LogP contribution >= 0.6 is 15.9 Å². The molecule has 0 amide bonds. The summed E-state index contributed by atoms with van der Waals surface area (Å²) in [6.45, 7) is 4.17. The van der Waals surface area contributed by atoms with Crippen LogP contribution in [-0.4, -0.2) is 0 Å². The van der Waals surface area contributed by atoms with Gasteiger partial charge in [-0.1, -0.05) is 6.07 Å². The Morgan fingerprint density at radius 1 is 1.25 bits per heavy atom. The van der Waals surface area contributed by atoms with Crippen LogP contribution in [0.5, 0.6) is 0 Å². The minimum absolute atomic E-state index is 0.958. The Morgan fingerprint density at radius 2 is 2.00 bits per heavy atom. The van der Waals surface area contributed by atoms with Crippen molar-refractivity contribution >= 4 is 26.9 Å². The molecule has 12 heavy (non-hydrogen) atoms. The zero-order valence-electron chi connectivity index (χ0n) is 7.02. The topological polar surface area (TPSA) is 13.1 Å². The number of hydrogen-bond acceptors (Lipinski definition) is 1. The molecule has 0 spiro atoms. The minimum Gasteiger partial charge on any atom is -0.463 e. The number of hydrogen-bond donors (Lipinski definition) is 0. The molecule has 1 aromatic heterocycles. The summed E-state index contributed by atoms with van der Waals surface area (Å²) in [5.41, 5.74) is 3.45. The first-order chi connectivity index (χ1) is 5.68. The fourth-order valence-corrected chi connectivity index (χ4v) is 2.10. The van der Waals surface area contributed by atoms with Gasteiger partial charge in [0.15, 0.2) is 0 Å². The summed E-state index contributed by atoms with van der Waals surface area (Å²) in [6.07, 6.45) is 1.73. The summed E-state index contributed by atoms with van der Waals surface area (Å²) >= 11 is 3.45. The summed E-state index contributed by atoms with van der Waals surface area (Å²) < 4.78 is 6.40. The first-order valence-electron chi connectivity index (χ1n) is 3.82. The van der Waals surface area contributed by atoms with E-state index in [1.807, 2.05) is 6.07 Å². The fourth-order valence-electron chi connectivity index (χ4n) is 1.50. The van der Waals surface area contributed by atoms with Gasteiger partial charge in [0.25, 0.3) is 0 Å². The van der Waals surface area contributed by atoms with Gasteiger partial charge < -0.3 is 4.42 Å². The quantitative estimate of drug-likeness (QED) is 0.664. The van der Waals surface area contributed by atoms with Gasteiger partial charge in [0.1, 0.15) is 11.8 Å². The van der Waals surface area contributed by atoms with Crippen molar-refractivity contribution in [3.8, 4) is 0 Å². The first kappa shape index (κ1) is 7.87. The van der Waals surface area contributed by atoms with Crippen molar-refractivity contribution in [1.82, 2.24) is 0 Å². The number of rotatable bonds is 0. The summed E-state index contributed by atoms with van der Waals surface area (Å²) in [7, 11) is 0. The van der Waals surface area contributed by atoms with E-state index in [2.05, 4.69) is 35.8 Å². The number of furan rings is 1. The van der Waals surface area contributed by atoms with Crippen LogP contribution in [0.4, 0.5) is 0 Å². The molecule has 0 aliphatic rings. The molecular formula is C10H9BrO. The van der Waals surface area contributed by atoms with Crippen molar-refractivity contribution in [2.75, 3.05) is 0 Å². The van der Waals surface area contributed by atoms with E-state index in [0.29, 0.717) is 0 Å². The Balaban J connectivity index is 2.93. The Morgan fingerprint density at radius 3 is 2.75 bits per heavy atom. The summed E-state index contributed by atoms with van der Waals surface area (Å²) in [4.78, 5) is 0. The second-order valence-electron chi connectivity index (χ2n) is 3.04. The Hall–Kier alpha value is -0.760. The molecule has 0 radical (unpaired) electrons. The molecule has 1 aromatic carbocycles. The van der Waals surface area contributed by atoms with Crippen molar-refractivity contribution in [3.63, 3.8) is 0 Å². The van der Waals surface area contributed by atoms with E-state index in [1.165, 1.54) is 16.5 Å². The molecule has 0 bridgehead atoms. The van der Waals surface area contributed by atoms with Crippen LogP contribution in [-0.2, 0) is 0 Å². The summed E-state index contributed by atoms with van der Waals surface area (Å²) in [6, 6.07) is 4.20. The third kappa shape index (κ3) is 1.07. The molecule has 2 heteroatoms. The van der Waals surface area contributed by atoms with Crippen molar-refractivity contribution in [1.29, 1.82) is 0 Å². The number of fused-ring (bicyclic) bond motifs is 1. The van der Waals surface area contributed by atoms with E-state index < -0.39 is 0 Å². The van der Waals surface area contributed by atoms with E-state index in [0.717, 1.165) is 10.1 Å². The molecule has 0 saturated carbocycles. The van der Waals surface area contributed by atoms with Crippen LogP contribution in [0.1, 0.15) is 11.1 Å². The van der Waals surface area contributed by atoms with Gasteiger partial charge in [-0.05, 0) is 47.0 Å². The zero-order valence-corrected chi connectivity index (χ0v) is 8.60. The van der Waals surface area contributed by atoms with Crippen LogP contribution in [0.3, 0.4) is 0 Å². The Labute approximate surface area is 79.5 Å². The standard InChI is InChI=1S/C10H9BrO/c1-6-3-7(2)10-8(11)5-12-9(10)4-6/h3-5H,1-2H3. The molecule has 0 aliphatic heterocycles. The van der Waals surface area contributed by atoms with Crippen LogP contribution in [0.25, 0.3) is 11.0 Å². The first-order valence-corrected chi connectivity index (χ1v) is 4.62. The molecule has 1 heterocycles. The highest BCUT2D eigenvalue weighted by molar-refractivity contribution is 9.10. The fraction of sp³-hybridized carbons (Fsp3) is 0.200. The lowest BCUT2D eigenvalue weighted by molar-refractivity contribution is 0.613. The average Bonchev–Trinajstić information content (AvgIpc) is 2.31. The molecule has 2 rings (SSSR count). The predicted octanol–water partition coefficient (Wildman–Crippen LogP) is 3.81. The lowest BCUT2D eigenvalue weighted by Crippen LogP contribution is -1.77. The SMILES string of the molecule is Cc1cc(C)c2c(Br)coc2c1. The largest absolute Gasteiger partial charge is 0.463 e. The normalized spacial score (nSPS) is 10.9. The van der Waals surface area contributed by atoms with Gasteiger partial charge in [-0.3, -0.25) is 0 Å². The highest BCUT2D eigenvalue weighted by Crippen LogP contribution is 2.29. The summed E-state index contributed by atoms with van der Waals surface area (Å²) in [5.74, 6) is 0. The lowest BCUT2D eigenvalue weighted by atomic mass is 10.1. The minimum atomic E-state index is 0.958. The molecule has 0 saturated heterocycles. The van der Waals surface area contributed by atoms with E-state index in [9.17, 15) is 0 Å². The Bertz CT molecular complexity index is 429. The third-order valence-electron chi connectivity index (χ3n) is 1.97. The second-order valence-corrected chi connectivity index (χ2v) is 3.89. The van der Waals surface area contributed by atoms with E-state index >= 15 is 0 Å². The number of benzene rings is 1. The van der Waals surface area contributed by atoms with Crippen molar-refractivity contribution in [2.45, 2.75) is 13.8 Å². The van der Waals surface area contributed by atoms with Gasteiger partial charge in [-0.25, -0.2) is 0 Å². The monoisotopic (exact) mass is 224 g/mol. The maximum absolute atomic E-state index is 5.36. The predicted molar refractivity (Wildman–Crippen MR) is 53.4 cm³/mol. The lowest BCUT2D eigenvalue weighted by Gasteiger charge is -1.97. The van der Waals surface area contributed by atoms with Crippen LogP contribution < -0.4 is 0 Å². The average molecular weight is 225 g/mol. The second kappa shape index (κ2) is 2.63. The van der Waals surface area contributed by atoms with Gasteiger partial charge >= 0.3 is 0 Å². The van der Waals surface area contributed by atoms with Crippen LogP contribution in [0.15, 0.2) is 27.3 Å². The van der Waals surface area contributed by atoms with E-state index in [-0.39, 0.29) is 0 Å². The molecule has 0 fully saturated rings. The Kier molecular flexibility index (Phi) is 1.72. The van der Waals surface area contributed by atoms with Crippen molar-refractivity contribution in [2.24, 2.45) is 0 Å². The van der Waals surface area contributed by atoms with Gasteiger partial charge in [0.2, 0.25) is 0 Å². The zero-order chi connectivity index (χ0) is 8.72. The summed E-state index contributed by atoms with van der Waals surface area (Å²) in [5, 5.41) is 1.18. The molecule has 0 atom stereocenters. The smallest absolute Gasteiger partial charge is 0.135 e. The third-order valence-corrected chi connectivity index (χ3v) is 2.56. The molecule has 1 nitrogen and oxygen atoms in total. The van der Waals surface area contributed by atoms with Crippen molar-refractivity contribution in [3.05, 3.63) is 34.0 Å². The highest BCUT2D eigenvalue weighted by Gasteiger charge is 2.05. The number of aryl methyl sites for hydroxylation is 2. The molecule has 2 aromatic rings. The van der Waals surface area contributed by atoms with Gasteiger partial charge in [-0.15, -0.1) is 0 Å². The molecule has 0 N–H and O–H groups in total. The van der Waals surface area contributed by atoms with E-state index in [4.69, 9.17) is 4.42 Å². The molecular weight excluding hydrogens is 216 g/mol.